The largest absolute Gasteiger partial charge is 0.489 e. The molecule has 186 valence electrons. The summed E-state index contributed by atoms with van der Waals surface area (Å²) in [6.07, 6.45) is 0.0371. The van der Waals surface area contributed by atoms with Crippen LogP contribution < -0.4 is 26.4 Å². The average molecular weight is 513 g/mol. The Kier molecular flexibility index (Phi) is 7.18. The quantitative estimate of drug-likeness (QED) is 0.322. The fraction of sp³-hybridized carbons (Fsp3) is 0.360. The van der Waals surface area contributed by atoms with Gasteiger partial charge in [0.2, 0.25) is 17.7 Å². The zero-order valence-electron chi connectivity index (χ0n) is 21.1. The van der Waals surface area contributed by atoms with Crippen molar-refractivity contribution in [1.29, 1.82) is 0 Å². The van der Waals surface area contributed by atoms with Crippen LogP contribution in [0.5, 0.6) is 5.75 Å². The van der Waals surface area contributed by atoms with E-state index in [4.69, 9.17) is 48.7 Å². The van der Waals surface area contributed by atoms with Crippen LogP contribution in [0.25, 0.3) is 0 Å². The van der Waals surface area contributed by atoms with E-state index < -0.39 is 29.1 Å². The summed E-state index contributed by atoms with van der Waals surface area (Å²) in [6, 6.07) is 6.29. The van der Waals surface area contributed by atoms with Gasteiger partial charge in [0.15, 0.2) is 0 Å². The molecule has 10 radical (unpaired) electrons. The van der Waals surface area contributed by atoms with Gasteiger partial charge in [-0.15, -0.1) is 5.46 Å². The number of hydrogen-bond acceptors (Lipinski definition) is 6. The number of amides is 4. The molecule has 0 spiro atoms. The van der Waals surface area contributed by atoms with Gasteiger partial charge in [0.05, 0.1) is 22.3 Å². The van der Waals surface area contributed by atoms with Crippen LogP contribution in [0.1, 0.15) is 39.9 Å². The number of nitrogens with one attached hydrogen (secondary N) is 1. The molecule has 1 N–H and O–H groups in total. The Balaban J connectivity index is 1.41. The Bertz CT molecular complexity index is 1380. The molecule has 2 aromatic carbocycles. The standard InChI is InChI=1S/C25H20B5N3O6/c26-19-17-18(25(29,30)33(24(17)37)14-5-6-15(34)31-23(14)36)22(21(28)20(19)27)39-10-13-3-1-12(2-4-13)9-32-7-8-38-11-16(32)35/h1-4,14H,5-11H2,(H,31,34,36). The first-order chi connectivity index (χ1) is 18.5. The van der Waals surface area contributed by atoms with Crippen LogP contribution in [0.3, 0.4) is 0 Å². The second-order valence-corrected chi connectivity index (χ2v) is 9.76. The molecule has 3 aliphatic rings. The highest BCUT2D eigenvalue weighted by atomic mass is 16.5. The Hall–Kier alpha value is -3.40. The summed E-state index contributed by atoms with van der Waals surface area (Å²) < 4.78 is 11.2. The van der Waals surface area contributed by atoms with E-state index in [2.05, 4.69) is 5.32 Å². The number of hydrogen-bond donors (Lipinski definition) is 1. The average Bonchev–Trinajstić information content (AvgIpc) is 3.10. The normalized spacial score (nSPS) is 20.7. The minimum Gasteiger partial charge on any atom is -0.489 e. The van der Waals surface area contributed by atoms with Gasteiger partial charge < -0.3 is 19.3 Å². The molecule has 2 aromatic rings. The molecular formula is C25H20B5N3O6. The van der Waals surface area contributed by atoms with Crippen LogP contribution >= 0.6 is 0 Å². The lowest BCUT2D eigenvalue weighted by Crippen LogP contribution is -2.59. The predicted octanol–water partition coefficient (Wildman–Crippen LogP) is -3.29. The van der Waals surface area contributed by atoms with Crippen molar-refractivity contribution >= 4 is 79.2 Å². The van der Waals surface area contributed by atoms with Crippen LogP contribution in [0.4, 0.5) is 0 Å². The fourth-order valence-corrected chi connectivity index (χ4v) is 5.11. The number of nitrogens with zero attached hydrogens (tertiary/aromatic N) is 2. The molecule has 2 fully saturated rings. The van der Waals surface area contributed by atoms with E-state index >= 15 is 0 Å². The Morgan fingerprint density at radius 1 is 1.00 bits per heavy atom. The predicted molar refractivity (Wildman–Crippen MR) is 145 cm³/mol. The molecule has 3 aliphatic heterocycles. The lowest BCUT2D eigenvalue weighted by molar-refractivity contribution is -0.143. The third-order valence-electron chi connectivity index (χ3n) is 7.19. The lowest BCUT2D eigenvalue weighted by atomic mass is 9.55. The summed E-state index contributed by atoms with van der Waals surface area (Å²) in [6.45, 7) is 1.58. The van der Waals surface area contributed by atoms with Crippen molar-refractivity contribution in [2.45, 2.75) is 37.4 Å². The number of piperidine rings is 1. The summed E-state index contributed by atoms with van der Waals surface area (Å²) >= 11 is 0. The van der Waals surface area contributed by atoms with Gasteiger partial charge >= 0.3 is 0 Å². The summed E-state index contributed by atoms with van der Waals surface area (Å²) in [7, 11) is 31.5. The monoisotopic (exact) mass is 513 g/mol. The lowest BCUT2D eigenvalue weighted by Gasteiger charge is -2.41. The highest BCUT2D eigenvalue weighted by Gasteiger charge is 2.51. The number of imide groups is 1. The van der Waals surface area contributed by atoms with Crippen molar-refractivity contribution in [3.63, 3.8) is 0 Å². The van der Waals surface area contributed by atoms with Crippen LogP contribution in [-0.2, 0) is 37.6 Å². The molecule has 0 aromatic heterocycles. The number of morpholine rings is 1. The molecule has 14 heteroatoms. The molecule has 5 rings (SSSR count). The minimum atomic E-state index is -2.03. The second-order valence-electron chi connectivity index (χ2n) is 9.76. The SMILES string of the molecule is [B]c1c([B])c(OCc2ccc(CN3CCOCC3=O)cc2)c2c(c1[B])C(=O)N(C1CCC(=O)NC1=O)C2([B])[B]. The highest BCUT2D eigenvalue weighted by Crippen LogP contribution is 2.41. The zero-order valence-corrected chi connectivity index (χ0v) is 21.1. The van der Waals surface area contributed by atoms with Crippen molar-refractivity contribution in [2.24, 2.45) is 0 Å². The summed E-state index contributed by atoms with van der Waals surface area (Å²) in [5.41, 5.74) is 1.33. The number of ether oxygens (including phenoxy) is 2. The number of carbonyl (C=O) groups is 4. The van der Waals surface area contributed by atoms with Crippen molar-refractivity contribution in [1.82, 2.24) is 15.1 Å². The molecular weight excluding hydrogens is 492 g/mol. The van der Waals surface area contributed by atoms with Gasteiger partial charge in [-0.3, -0.25) is 24.5 Å². The van der Waals surface area contributed by atoms with E-state index in [1.807, 2.05) is 24.3 Å². The van der Waals surface area contributed by atoms with Crippen molar-refractivity contribution in [3.05, 3.63) is 46.5 Å². The van der Waals surface area contributed by atoms with Gasteiger partial charge in [-0.1, -0.05) is 35.2 Å². The third kappa shape index (κ3) is 4.79. The minimum absolute atomic E-state index is 0.00356. The van der Waals surface area contributed by atoms with E-state index in [1.54, 1.807) is 4.90 Å². The van der Waals surface area contributed by atoms with Crippen molar-refractivity contribution in [2.75, 3.05) is 19.8 Å². The van der Waals surface area contributed by atoms with Gasteiger partial charge in [0.25, 0.3) is 5.91 Å². The first-order valence-electron chi connectivity index (χ1n) is 12.3. The van der Waals surface area contributed by atoms with Crippen molar-refractivity contribution in [3.8, 4) is 5.75 Å². The van der Waals surface area contributed by atoms with E-state index in [0.717, 1.165) is 16.0 Å². The van der Waals surface area contributed by atoms with Gasteiger partial charge in [-0.25, -0.2) is 0 Å². The van der Waals surface area contributed by atoms with E-state index in [1.165, 1.54) is 0 Å². The molecule has 3 heterocycles. The van der Waals surface area contributed by atoms with E-state index in [9.17, 15) is 19.2 Å². The molecule has 1 atom stereocenters. The van der Waals surface area contributed by atoms with Gasteiger partial charge in [-0.2, -0.15) is 0 Å². The Morgan fingerprint density at radius 3 is 2.36 bits per heavy atom. The molecule has 2 saturated heterocycles. The summed E-state index contributed by atoms with van der Waals surface area (Å²) in [4.78, 5) is 52.5. The van der Waals surface area contributed by atoms with E-state index in [-0.39, 0.29) is 65.2 Å². The van der Waals surface area contributed by atoms with Crippen LogP contribution in [-0.4, -0.2) is 98.5 Å². The maximum Gasteiger partial charge on any atom is 0.253 e. The Morgan fingerprint density at radius 2 is 1.69 bits per heavy atom. The van der Waals surface area contributed by atoms with Gasteiger partial charge in [-0.05, 0) is 22.9 Å². The van der Waals surface area contributed by atoms with Gasteiger partial charge in [0.1, 0.15) is 48.5 Å². The molecule has 1 unspecified atom stereocenters. The number of carbonyl (C=O) groups excluding carboxylic acids is 4. The number of rotatable bonds is 6. The summed E-state index contributed by atoms with van der Waals surface area (Å²) in [5, 5.41) is 0.167. The van der Waals surface area contributed by atoms with E-state index in [0.29, 0.717) is 19.7 Å². The van der Waals surface area contributed by atoms with Crippen LogP contribution in [0, 0.1) is 0 Å². The smallest absolute Gasteiger partial charge is 0.253 e. The molecule has 9 nitrogen and oxygen atoms in total. The molecule has 0 bridgehead atoms. The number of benzene rings is 2. The maximum absolute atomic E-state index is 13.5. The zero-order chi connectivity index (χ0) is 28.1. The first-order valence-corrected chi connectivity index (χ1v) is 12.3. The fourth-order valence-electron chi connectivity index (χ4n) is 5.11. The molecule has 4 amide bonds. The first kappa shape index (κ1) is 27.2. The Labute approximate surface area is 232 Å². The molecule has 39 heavy (non-hydrogen) atoms. The topological polar surface area (TPSA) is 105 Å². The van der Waals surface area contributed by atoms with Crippen LogP contribution in [0.15, 0.2) is 24.3 Å². The molecule has 0 saturated carbocycles. The maximum atomic E-state index is 13.5. The van der Waals surface area contributed by atoms with Crippen molar-refractivity contribution < 1.29 is 28.7 Å². The molecule has 0 aliphatic carbocycles. The highest BCUT2D eigenvalue weighted by molar-refractivity contribution is 6.60. The second kappa shape index (κ2) is 10.3. The number of fused-ring (bicyclic) bond motifs is 1. The summed E-state index contributed by atoms with van der Waals surface area (Å²) in [5.74, 6) is -1.96. The third-order valence-corrected chi connectivity index (χ3v) is 7.19. The van der Waals surface area contributed by atoms with Gasteiger partial charge in [0, 0.05) is 30.6 Å². The van der Waals surface area contributed by atoms with Crippen LogP contribution in [0.2, 0.25) is 0 Å².